The molecule has 1 fully saturated rings. The first-order valence-corrected chi connectivity index (χ1v) is 7.09. The van der Waals surface area contributed by atoms with Gasteiger partial charge in [0.2, 0.25) is 0 Å². The molecule has 1 aliphatic carbocycles. The van der Waals surface area contributed by atoms with Crippen LogP contribution >= 0.6 is 11.6 Å². The molecule has 17 heavy (non-hydrogen) atoms. The third kappa shape index (κ3) is 3.72. The Kier molecular flexibility index (Phi) is 4.87. The van der Waals surface area contributed by atoms with Crippen molar-refractivity contribution < 1.29 is 0 Å². The Morgan fingerprint density at radius 2 is 1.88 bits per heavy atom. The Bertz CT molecular complexity index is 327. The average Bonchev–Trinajstić information content (AvgIpc) is 2.86. The third-order valence-electron chi connectivity index (χ3n) is 4.00. The number of hydrogen-bond donors (Lipinski definition) is 1. The van der Waals surface area contributed by atoms with E-state index in [0.29, 0.717) is 6.04 Å². The highest BCUT2D eigenvalue weighted by Gasteiger charge is 2.23. The minimum atomic E-state index is 0.688. The van der Waals surface area contributed by atoms with Crippen molar-refractivity contribution in [2.75, 3.05) is 7.05 Å². The molecule has 1 atom stereocenters. The van der Waals surface area contributed by atoms with E-state index in [2.05, 4.69) is 24.5 Å². The summed E-state index contributed by atoms with van der Waals surface area (Å²) in [5, 5.41) is 4.33. The van der Waals surface area contributed by atoms with E-state index >= 15 is 0 Å². The van der Waals surface area contributed by atoms with Crippen LogP contribution in [0, 0.1) is 5.92 Å². The molecule has 1 saturated carbocycles. The SMILES string of the molecule is CNC(CCc1ccc(Cl)cc1)C1CCCC1. The van der Waals surface area contributed by atoms with Gasteiger partial charge in [0.05, 0.1) is 0 Å². The molecule has 1 nitrogen and oxygen atoms in total. The molecule has 0 spiro atoms. The molecular weight excluding hydrogens is 230 g/mol. The van der Waals surface area contributed by atoms with E-state index in [0.717, 1.165) is 17.4 Å². The van der Waals surface area contributed by atoms with Gasteiger partial charge < -0.3 is 5.32 Å². The first-order valence-electron chi connectivity index (χ1n) is 6.71. The summed E-state index contributed by atoms with van der Waals surface area (Å²) in [6, 6.07) is 8.95. The summed E-state index contributed by atoms with van der Waals surface area (Å²) >= 11 is 5.89. The number of aryl methyl sites for hydroxylation is 1. The average molecular weight is 252 g/mol. The van der Waals surface area contributed by atoms with Crippen molar-refractivity contribution in [1.82, 2.24) is 5.32 Å². The molecule has 0 aromatic heterocycles. The van der Waals surface area contributed by atoms with Crippen LogP contribution in [0.4, 0.5) is 0 Å². The molecule has 94 valence electrons. The first kappa shape index (κ1) is 12.9. The molecule has 0 aliphatic heterocycles. The molecule has 0 amide bonds. The van der Waals surface area contributed by atoms with Crippen molar-refractivity contribution in [3.8, 4) is 0 Å². The highest BCUT2D eigenvalue weighted by Crippen LogP contribution is 2.29. The van der Waals surface area contributed by atoms with Crippen LogP contribution in [0.25, 0.3) is 0 Å². The summed E-state index contributed by atoms with van der Waals surface area (Å²) in [6.45, 7) is 0. The van der Waals surface area contributed by atoms with E-state index in [9.17, 15) is 0 Å². The van der Waals surface area contributed by atoms with E-state index in [1.54, 1.807) is 0 Å². The maximum atomic E-state index is 5.89. The highest BCUT2D eigenvalue weighted by atomic mass is 35.5. The standard InChI is InChI=1S/C15H22ClN/c1-17-15(13-4-2-3-5-13)11-8-12-6-9-14(16)10-7-12/h6-7,9-10,13,15,17H,2-5,8,11H2,1H3. The Labute approximate surface area is 110 Å². The lowest BCUT2D eigenvalue weighted by molar-refractivity contribution is 0.360. The van der Waals surface area contributed by atoms with Crippen LogP contribution in [-0.4, -0.2) is 13.1 Å². The summed E-state index contributed by atoms with van der Waals surface area (Å²) in [6.07, 6.45) is 8.05. The van der Waals surface area contributed by atoms with Crippen molar-refractivity contribution in [1.29, 1.82) is 0 Å². The van der Waals surface area contributed by atoms with E-state index in [4.69, 9.17) is 11.6 Å². The van der Waals surface area contributed by atoms with Crippen LogP contribution in [0.3, 0.4) is 0 Å². The predicted molar refractivity (Wildman–Crippen MR) is 74.6 cm³/mol. The van der Waals surface area contributed by atoms with Gasteiger partial charge in [-0.1, -0.05) is 36.6 Å². The Morgan fingerprint density at radius 1 is 1.24 bits per heavy atom. The molecule has 1 unspecified atom stereocenters. The summed E-state index contributed by atoms with van der Waals surface area (Å²) < 4.78 is 0. The molecule has 0 heterocycles. The second-order valence-electron chi connectivity index (χ2n) is 5.10. The van der Waals surface area contributed by atoms with Gasteiger partial charge in [-0.05, 0) is 56.3 Å². The maximum absolute atomic E-state index is 5.89. The molecule has 1 aromatic rings. The van der Waals surface area contributed by atoms with Crippen LogP contribution in [0.5, 0.6) is 0 Å². The van der Waals surface area contributed by atoms with Crippen molar-refractivity contribution in [3.63, 3.8) is 0 Å². The summed E-state index contributed by atoms with van der Waals surface area (Å²) in [5.41, 5.74) is 1.40. The second-order valence-corrected chi connectivity index (χ2v) is 5.54. The van der Waals surface area contributed by atoms with Gasteiger partial charge in [-0.2, -0.15) is 0 Å². The lowest BCUT2D eigenvalue weighted by Gasteiger charge is -2.22. The monoisotopic (exact) mass is 251 g/mol. The van der Waals surface area contributed by atoms with Crippen molar-refractivity contribution in [3.05, 3.63) is 34.9 Å². The van der Waals surface area contributed by atoms with Crippen LogP contribution < -0.4 is 5.32 Å². The van der Waals surface area contributed by atoms with E-state index < -0.39 is 0 Å². The second kappa shape index (κ2) is 6.42. The summed E-state index contributed by atoms with van der Waals surface area (Å²) in [5.74, 6) is 0.896. The Hall–Kier alpha value is -0.530. The number of rotatable bonds is 5. The maximum Gasteiger partial charge on any atom is 0.0406 e. The largest absolute Gasteiger partial charge is 0.317 e. The first-order chi connectivity index (χ1) is 8.29. The molecule has 0 saturated heterocycles. The molecule has 1 N–H and O–H groups in total. The van der Waals surface area contributed by atoms with Crippen LogP contribution in [0.2, 0.25) is 5.02 Å². The van der Waals surface area contributed by atoms with E-state index in [1.807, 2.05) is 12.1 Å². The smallest absolute Gasteiger partial charge is 0.0406 e. The number of nitrogens with one attached hydrogen (secondary N) is 1. The van der Waals surface area contributed by atoms with Gasteiger partial charge in [0.1, 0.15) is 0 Å². The van der Waals surface area contributed by atoms with Gasteiger partial charge in [-0.25, -0.2) is 0 Å². The molecule has 1 aromatic carbocycles. The Balaban J connectivity index is 1.84. The van der Waals surface area contributed by atoms with Gasteiger partial charge in [-0.15, -0.1) is 0 Å². The van der Waals surface area contributed by atoms with E-state index in [1.165, 1.54) is 37.7 Å². The van der Waals surface area contributed by atoms with E-state index in [-0.39, 0.29) is 0 Å². The van der Waals surface area contributed by atoms with Gasteiger partial charge >= 0.3 is 0 Å². The summed E-state index contributed by atoms with van der Waals surface area (Å²) in [4.78, 5) is 0. The molecule has 2 heteroatoms. The Morgan fingerprint density at radius 3 is 2.47 bits per heavy atom. The minimum absolute atomic E-state index is 0.688. The van der Waals surface area contributed by atoms with Crippen LogP contribution in [-0.2, 0) is 6.42 Å². The lowest BCUT2D eigenvalue weighted by Crippen LogP contribution is -2.32. The van der Waals surface area contributed by atoms with Gasteiger partial charge in [-0.3, -0.25) is 0 Å². The molecule has 1 aliphatic rings. The zero-order valence-corrected chi connectivity index (χ0v) is 11.3. The normalized spacial score (nSPS) is 18.5. The van der Waals surface area contributed by atoms with Crippen LogP contribution in [0.1, 0.15) is 37.7 Å². The number of hydrogen-bond acceptors (Lipinski definition) is 1. The fourth-order valence-electron chi connectivity index (χ4n) is 2.95. The number of halogens is 1. The molecule has 0 bridgehead atoms. The zero-order chi connectivity index (χ0) is 12.1. The quantitative estimate of drug-likeness (QED) is 0.833. The van der Waals surface area contributed by atoms with Crippen molar-refractivity contribution >= 4 is 11.6 Å². The van der Waals surface area contributed by atoms with Crippen LogP contribution in [0.15, 0.2) is 24.3 Å². The lowest BCUT2D eigenvalue weighted by atomic mass is 9.93. The highest BCUT2D eigenvalue weighted by molar-refractivity contribution is 6.30. The molecular formula is C15H22ClN. The number of benzene rings is 1. The third-order valence-corrected chi connectivity index (χ3v) is 4.25. The molecule has 2 rings (SSSR count). The van der Waals surface area contributed by atoms with Crippen molar-refractivity contribution in [2.45, 2.75) is 44.6 Å². The topological polar surface area (TPSA) is 12.0 Å². The fourth-order valence-corrected chi connectivity index (χ4v) is 3.07. The summed E-state index contributed by atoms with van der Waals surface area (Å²) in [7, 11) is 2.10. The zero-order valence-electron chi connectivity index (χ0n) is 10.6. The van der Waals surface area contributed by atoms with Gasteiger partial charge in [0.15, 0.2) is 0 Å². The van der Waals surface area contributed by atoms with Gasteiger partial charge in [0.25, 0.3) is 0 Å². The van der Waals surface area contributed by atoms with Crippen molar-refractivity contribution in [2.24, 2.45) is 5.92 Å². The van der Waals surface area contributed by atoms with Gasteiger partial charge in [0, 0.05) is 11.1 Å². The molecule has 0 radical (unpaired) electrons. The minimum Gasteiger partial charge on any atom is -0.317 e. The predicted octanol–water partition coefficient (Wildman–Crippen LogP) is 4.05. The fraction of sp³-hybridized carbons (Fsp3) is 0.600.